The van der Waals surface area contributed by atoms with Crippen LogP contribution in [0.25, 0.3) is 0 Å². The molecule has 2 N–H and O–H groups in total. The summed E-state index contributed by atoms with van der Waals surface area (Å²) in [5, 5.41) is 6.71. The van der Waals surface area contributed by atoms with Crippen LogP contribution >= 0.6 is 35.7 Å². The van der Waals surface area contributed by atoms with Crippen molar-refractivity contribution in [2.75, 3.05) is 32.4 Å². The van der Waals surface area contributed by atoms with Crippen LogP contribution in [0.3, 0.4) is 0 Å². The number of benzene rings is 1. The van der Waals surface area contributed by atoms with Crippen molar-refractivity contribution in [1.82, 2.24) is 15.5 Å². The van der Waals surface area contributed by atoms with Gasteiger partial charge in [-0.2, -0.15) is 0 Å². The molecule has 0 spiro atoms. The van der Waals surface area contributed by atoms with E-state index in [1.807, 2.05) is 22.7 Å². The van der Waals surface area contributed by atoms with Crippen molar-refractivity contribution in [3.05, 3.63) is 30.3 Å². The summed E-state index contributed by atoms with van der Waals surface area (Å²) in [6.07, 6.45) is 3.69. The number of carbonyl (C=O) groups excluding carboxylic acids is 1. The largest absolute Gasteiger partial charge is 0.356 e. The van der Waals surface area contributed by atoms with Gasteiger partial charge in [0.15, 0.2) is 5.96 Å². The number of carbonyl (C=O) groups is 1. The highest BCUT2D eigenvalue weighted by Crippen LogP contribution is 2.18. The Kier molecular flexibility index (Phi) is 11.8. The van der Waals surface area contributed by atoms with Crippen LogP contribution < -0.4 is 10.6 Å². The van der Waals surface area contributed by atoms with Gasteiger partial charge >= 0.3 is 0 Å². The lowest BCUT2D eigenvalue weighted by Gasteiger charge is -2.27. The fraction of sp³-hybridized carbons (Fsp3) is 0.579. The number of nitrogens with one attached hydrogen (secondary N) is 2. The summed E-state index contributed by atoms with van der Waals surface area (Å²) in [5.41, 5.74) is 0. The molecular weight excluding hydrogens is 459 g/mol. The third kappa shape index (κ3) is 7.73. The molecule has 0 radical (unpaired) electrons. The number of halogens is 1. The van der Waals surface area contributed by atoms with E-state index in [1.165, 1.54) is 4.90 Å². The molecule has 1 aromatic carbocycles. The zero-order valence-corrected chi connectivity index (χ0v) is 18.9. The topological polar surface area (TPSA) is 56.7 Å². The van der Waals surface area contributed by atoms with Gasteiger partial charge in [0, 0.05) is 49.8 Å². The SMILES string of the molecule is CCC(CCNC(=NC)NCCSc1ccccc1)N1CCCC1=O.I. The van der Waals surface area contributed by atoms with E-state index in [4.69, 9.17) is 0 Å². The van der Waals surface area contributed by atoms with Crippen molar-refractivity contribution in [3.63, 3.8) is 0 Å². The molecule has 1 heterocycles. The molecular formula is C19H31IN4OS. The Bertz CT molecular complexity index is 556. The molecule has 7 heteroatoms. The molecule has 5 nitrogen and oxygen atoms in total. The normalized spacial score (nSPS) is 15.5. The summed E-state index contributed by atoms with van der Waals surface area (Å²) in [7, 11) is 1.79. The lowest BCUT2D eigenvalue weighted by atomic mass is 10.1. The molecule has 146 valence electrons. The van der Waals surface area contributed by atoms with Gasteiger partial charge in [-0.05, 0) is 31.4 Å². The number of guanidine groups is 1. The molecule has 1 aliphatic heterocycles. The van der Waals surface area contributed by atoms with Crippen LogP contribution in [0.1, 0.15) is 32.6 Å². The van der Waals surface area contributed by atoms with Gasteiger partial charge in [-0.15, -0.1) is 35.7 Å². The molecule has 26 heavy (non-hydrogen) atoms. The minimum Gasteiger partial charge on any atom is -0.356 e. The Morgan fingerprint density at radius 1 is 1.27 bits per heavy atom. The summed E-state index contributed by atoms with van der Waals surface area (Å²) in [6.45, 7) is 4.76. The highest BCUT2D eigenvalue weighted by atomic mass is 127. The maximum absolute atomic E-state index is 11.9. The number of amides is 1. The summed E-state index contributed by atoms with van der Waals surface area (Å²) in [5.74, 6) is 2.13. The van der Waals surface area contributed by atoms with Gasteiger partial charge in [-0.25, -0.2) is 0 Å². The lowest BCUT2D eigenvalue weighted by molar-refractivity contribution is -0.129. The minimum atomic E-state index is 0. The third-order valence-electron chi connectivity index (χ3n) is 4.42. The maximum atomic E-state index is 11.9. The molecule has 1 amide bonds. The van der Waals surface area contributed by atoms with E-state index in [0.29, 0.717) is 18.4 Å². The average Bonchev–Trinajstić information content (AvgIpc) is 3.07. The van der Waals surface area contributed by atoms with Gasteiger partial charge in [0.05, 0.1) is 0 Å². The summed E-state index contributed by atoms with van der Waals surface area (Å²) in [6, 6.07) is 10.8. The van der Waals surface area contributed by atoms with Crippen LogP contribution in [-0.2, 0) is 4.79 Å². The molecule has 0 aromatic heterocycles. The van der Waals surface area contributed by atoms with E-state index in [-0.39, 0.29) is 24.0 Å². The number of aliphatic imine (C=N–C) groups is 1. The van der Waals surface area contributed by atoms with Crippen LogP contribution in [0.2, 0.25) is 0 Å². The predicted molar refractivity (Wildman–Crippen MR) is 122 cm³/mol. The molecule has 1 saturated heterocycles. The molecule has 1 atom stereocenters. The quantitative estimate of drug-likeness (QED) is 0.183. The Morgan fingerprint density at radius 2 is 2.00 bits per heavy atom. The smallest absolute Gasteiger partial charge is 0.222 e. The standard InChI is InChI=1S/C19H30N4OS.HI/c1-3-16(23-14-7-10-18(23)24)11-12-21-19(20-2)22-13-15-25-17-8-5-4-6-9-17;/h4-6,8-9,16H,3,7,10-15H2,1-2H3,(H2,20,21,22);1H. The van der Waals surface area contributed by atoms with Gasteiger partial charge in [-0.3, -0.25) is 9.79 Å². The van der Waals surface area contributed by atoms with E-state index in [2.05, 4.69) is 46.8 Å². The number of hydrogen-bond donors (Lipinski definition) is 2. The van der Waals surface area contributed by atoms with E-state index in [0.717, 1.165) is 50.6 Å². The molecule has 0 bridgehead atoms. The number of rotatable bonds is 9. The second-order valence-electron chi connectivity index (χ2n) is 6.13. The van der Waals surface area contributed by atoms with E-state index in [1.54, 1.807) is 7.05 Å². The first-order chi connectivity index (χ1) is 12.2. The fourth-order valence-corrected chi connectivity index (χ4v) is 3.86. The van der Waals surface area contributed by atoms with Crippen LogP contribution in [0.15, 0.2) is 40.2 Å². The Hall–Kier alpha value is -0.960. The first-order valence-corrected chi connectivity index (χ1v) is 10.1. The van der Waals surface area contributed by atoms with E-state index < -0.39 is 0 Å². The highest BCUT2D eigenvalue weighted by molar-refractivity contribution is 14.0. The maximum Gasteiger partial charge on any atom is 0.222 e. The van der Waals surface area contributed by atoms with Crippen molar-refractivity contribution in [1.29, 1.82) is 0 Å². The highest BCUT2D eigenvalue weighted by Gasteiger charge is 2.26. The van der Waals surface area contributed by atoms with E-state index in [9.17, 15) is 4.79 Å². The van der Waals surface area contributed by atoms with Gasteiger partial charge in [0.1, 0.15) is 0 Å². The number of nitrogens with zero attached hydrogens (tertiary/aromatic N) is 2. The first-order valence-electron chi connectivity index (χ1n) is 9.16. The van der Waals surface area contributed by atoms with E-state index >= 15 is 0 Å². The Labute approximate surface area is 178 Å². The zero-order valence-electron chi connectivity index (χ0n) is 15.7. The van der Waals surface area contributed by atoms with Gasteiger partial charge < -0.3 is 15.5 Å². The lowest BCUT2D eigenvalue weighted by Crippen LogP contribution is -2.42. The molecule has 2 rings (SSSR count). The molecule has 1 unspecified atom stereocenters. The van der Waals surface area contributed by atoms with Crippen LogP contribution in [-0.4, -0.2) is 55.2 Å². The van der Waals surface area contributed by atoms with Crippen molar-refractivity contribution < 1.29 is 4.79 Å². The summed E-state index contributed by atoms with van der Waals surface area (Å²) >= 11 is 1.83. The second-order valence-corrected chi connectivity index (χ2v) is 7.30. The molecule has 1 aromatic rings. The van der Waals surface area contributed by atoms with Crippen LogP contribution in [0.4, 0.5) is 0 Å². The van der Waals surface area contributed by atoms with Gasteiger partial charge in [0.2, 0.25) is 5.91 Å². The van der Waals surface area contributed by atoms with Crippen molar-refractivity contribution in [2.24, 2.45) is 4.99 Å². The first kappa shape index (κ1) is 23.1. The predicted octanol–water partition coefficient (Wildman–Crippen LogP) is 3.35. The van der Waals surface area contributed by atoms with Gasteiger partial charge in [0.25, 0.3) is 0 Å². The molecule has 0 saturated carbocycles. The number of hydrogen-bond acceptors (Lipinski definition) is 3. The third-order valence-corrected chi connectivity index (χ3v) is 5.44. The minimum absolute atomic E-state index is 0. The Balaban J connectivity index is 0.00000338. The van der Waals surface area contributed by atoms with Crippen molar-refractivity contribution in [3.8, 4) is 0 Å². The van der Waals surface area contributed by atoms with Crippen LogP contribution in [0, 0.1) is 0 Å². The number of likely N-dealkylation sites (tertiary alicyclic amines) is 1. The molecule has 1 fully saturated rings. The van der Waals surface area contributed by atoms with Gasteiger partial charge in [-0.1, -0.05) is 25.1 Å². The van der Waals surface area contributed by atoms with Crippen molar-refractivity contribution >= 4 is 47.6 Å². The summed E-state index contributed by atoms with van der Waals surface area (Å²) < 4.78 is 0. The fourth-order valence-electron chi connectivity index (χ4n) is 3.07. The van der Waals surface area contributed by atoms with Crippen LogP contribution in [0.5, 0.6) is 0 Å². The molecule has 1 aliphatic rings. The second kappa shape index (κ2) is 13.2. The van der Waals surface area contributed by atoms with Crippen molar-refractivity contribution in [2.45, 2.75) is 43.5 Å². The monoisotopic (exact) mass is 490 g/mol. The Morgan fingerprint density at radius 3 is 2.62 bits per heavy atom. The molecule has 0 aliphatic carbocycles. The zero-order chi connectivity index (χ0) is 17.9. The number of thioether (sulfide) groups is 1. The average molecular weight is 490 g/mol. The summed E-state index contributed by atoms with van der Waals surface area (Å²) in [4.78, 5) is 19.5.